The fraction of sp³-hybridized carbons (Fsp3) is 0.643. The summed E-state index contributed by atoms with van der Waals surface area (Å²) in [6.07, 6.45) is -1.88. The third-order valence-corrected chi connectivity index (χ3v) is 13.8. The van der Waals surface area contributed by atoms with E-state index in [4.69, 9.17) is 24.7 Å². The number of amides is 1. The molecule has 1 saturated heterocycles. The van der Waals surface area contributed by atoms with Crippen LogP contribution in [0.4, 0.5) is 5.82 Å². The van der Waals surface area contributed by atoms with Gasteiger partial charge in [0.2, 0.25) is 5.91 Å². The summed E-state index contributed by atoms with van der Waals surface area (Å²) in [5, 5.41) is 30.6. The van der Waals surface area contributed by atoms with Crippen LogP contribution < -0.4 is 21.9 Å². The number of phosphoric acid groups is 3. The lowest BCUT2D eigenvalue weighted by Crippen LogP contribution is -2.52. The zero-order valence-electron chi connectivity index (χ0n) is 30.7. The van der Waals surface area contributed by atoms with E-state index in [0.29, 0.717) is 25.0 Å². The second kappa shape index (κ2) is 25.2. The number of hydrogen-bond acceptors (Lipinski definition) is 20. The van der Waals surface area contributed by atoms with Gasteiger partial charge >= 0.3 is 41.1 Å². The molecule has 1 fully saturated rings. The van der Waals surface area contributed by atoms with Crippen LogP contribution in [0.1, 0.15) is 70.4 Å². The van der Waals surface area contributed by atoms with Crippen LogP contribution in [0.15, 0.2) is 17.1 Å². The highest BCUT2D eigenvalue weighted by atomic mass is 33.1. The molecule has 2 rings (SSSR count). The molecule has 1 amide bonds. The van der Waals surface area contributed by atoms with E-state index in [1.807, 2.05) is 0 Å². The van der Waals surface area contributed by atoms with E-state index >= 15 is 0 Å². The molecule has 3 unspecified atom stereocenters. The second-order valence-electron chi connectivity index (χ2n) is 12.4. The summed E-state index contributed by atoms with van der Waals surface area (Å²) in [6.45, 7) is -0.937. The van der Waals surface area contributed by atoms with Gasteiger partial charge < -0.3 is 49.7 Å². The van der Waals surface area contributed by atoms with Crippen molar-refractivity contribution in [3.8, 4) is 0 Å². The van der Waals surface area contributed by atoms with Crippen LogP contribution in [0.5, 0.6) is 0 Å². The molecule has 10 N–H and O–H groups in total. The van der Waals surface area contributed by atoms with Crippen LogP contribution in [0, 0.1) is 0 Å². The highest BCUT2D eigenvalue weighted by molar-refractivity contribution is 8.76. The average molecular weight is 944 g/mol. The van der Waals surface area contributed by atoms with Gasteiger partial charge in [0.1, 0.15) is 30.2 Å². The molecule has 1 aliphatic rings. The molecule has 0 bridgehead atoms. The van der Waals surface area contributed by atoms with Crippen molar-refractivity contribution in [2.75, 3.05) is 23.4 Å². The minimum atomic E-state index is -5.76. The summed E-state index contributed by atoms with van der Waals surface area (Å²) in [6, 6.07) is -1.28. The number of ether oxygens (including phenoxy) is 1. The van der Waals surface area contributed by atoms with Crippen LogP contribution in [0.25, 0.3) is 0 Å². The van der Waals surface area contributed by atoms with Gasteiger partial charge in [0.05, 0.1) is 44.1 Å². The molecule has 334 valence electrons. The number of aldehydes is 1. The number of aromatic nitrogens is 2. The molecule has 2 heterocycles. The van der Waals surface area contributed by atoms with E-state index in [0.717, 1.165) is 16.7 Å². The quantitative estimate of drug-likeness (QED) is 0.0120. The molecule has 1 aromatic heterocycles. The maximum absolute atomic E-state index is 12.6. The topological polar surface area (TPSA) is 403 Å². The third-order valence-electron chi connectivity index (χ3n) is 7.47. The number of hydrazine groups is 1. The largest absolute Gasteiger partial charge is 0.490 e. The number of hydrogen-bond donors (Lipinski definition) is 10. The first-order valence-electron chi connectivity index (χ1n) is 17.2. The van der Waals surface area contributed by atoms with E-state index in [1.54, 1.807) is 10.8 Å². The molecule has 31 heteroatoms. The number of carboxylic acid groups (broad SMARTS) is 2. The van der Waals surface area contributed by atoms with Crippen LogP contribution in [0.3, 0.4) is 0 Å². The number of aliphatic hydroxyl groups excluding tert-OH is 1. The SMILES string of the molecule is O=C[C@H](CC(=O)O)NN[C@@H](CC(=O)O)C(=O)CC(=O)CCCCCSSCCCC(=O)Nc1ccn([C@H]2CC(O)[C@@H](COP(=O)(O)OP(=O)(O)OP(=O)(O)O)O2)c(=O)n1. The predicted octanol–water partition coefficient (Wildman–Crippen LogP) is 0.404. The molecule has 26 nitrogen and oxygen atoms in total. The van der Waals surface area contributed by atoms with Crippen molar-refractivity contribution >= 4 is 86.6 Å². The lowest BCUT2D eigenvalue weighted by molar-refractivity contribution is -0.141. The molecule has 1 aromatic rings. The molecule has 7 atom stereocenters. The zero-order chi connectivity index (χ0) is 44.4. The lowest BCUT2D eigenvalue weighted by Gasteiger charge is -2.19. The van der Waals surface area contributed by atoms with Crippen LogP contribution >= 0.6 is 45.1 Å². The van der Waals surface area contributed by atoms with Crippen molar-refractivity contribution in [3.05, 3.63) is 22.7 Å². The third kappa shape index (κ3) is 22.1. The van der Waals surface area contributed by atoms with E-state index in [9.17, 15) is 62.2 Å². The van der Waals surface area contributed by atoms with Gasteiger partial charge in [-0.05, 0) is 25.3 Å². The summed E-state index contributed by atoms with van der Waals surface area (Å²) >= 11 is 0. The van der Waals surface area contributed by atoms with Gasteiger partial charge in [-0.3, -0.25) is 33.1 Å². The summed E-state index contributed by atoms with van der Waals surface area (Å²) < 4.78 is 52.2. The number of aliphatic carboxylic acids is 2. The van der Waals surface area contributed by atoms with Gasteiger partial charge in [-0.25, -0.2) is 29.3 Å². The van der Waals surface area contributed by atoms with Crippen LogP contribution in [-0.2, 0) is 60.3 Å². The molecule has 0 aromatic carbocycles. The number of rotatable bonds is 31. The summed E-state index contributed by atoms with van der Waals surface area (Å²) in [5.74, 6) is -2.88. The number of ketones is 2. The normalized spacial score (nSPS) is 19.8. The monoisotopic (exact) mass is 943 g/mol. The van der Waals surface area contributed by atoms with E-state index < -0.39 is 115 Å². The number of carboxylic acids is 2. The molecule has 0 aliphatic carbocycles. The number of anilines is 1. The first-order chi connectivity index (χ1) is 27.5. The van der Waals surface area contributed by atoms with Crippen molar-refractivity contribution in [1.29, 1.82) is 0 Å². The lowest BCUT2D eigenvalue weighted by atomic mass is 10.0. The molecule has 1 aliphatic heterocycles. The Morgan fingerprint density at radius 2 is 1.59 bits per heavy atom. The Kier molecular flexibility index (Phi) is 22.4. The number of aliphatic hydroxyl groups is 1. The van der Waals surface area contributed by atoms with Gasteiger partial charge in [-0.2, -0.15) is 13.6 Å². The highest BCUT2D eigenvalue weighted by Gasteiger charge is 2.43. The number of Topliss-reactive ketones (excluding diaryl/α,β-unsaturated/α-hetero) is 2. The fourth-order valence-corrected chi connectivity index (χ4v) is 10.1. The molecule has 0 saturated carbocycles. The summed E-state index contributed by atoms with van der Waals surface area (Å²) in [5.41, 5.74) is 3.75. The zero-order valence-corrected chi connectivity index (χ0v) is 35.0. The van der Waals surface area contributed by atoms with Crippen molar-refractivity contribution in [2.24, 2.45) is 0 Å². The molecular weight excluding hydrogens is 899 g/mol. The second-order valence-corrected chi connectivity index (χ2v) is 19.5. The van der Waals surface area contributed by atoms with E-state index in [2.05, 4.69) is 34.3 Å². The Morgan fingerprint density at radius 3 is 2.20 bits per heavy atom. The van der Waals surface area contributed by atoms with Crippen molar-refractivity contribution in [1.82, 2.24) is 20.4 Å². The fourth-order valence-electron chi connectivity index (χ4n) is 4.84. The van der Waals surface area contributed by atoms with Gasteiger partial charge in [0.25, 0.3) is 0 Å². The maximum Gasteiger partial charge on any atom is 0.490 e. The Labute approximate surface area is 342 Å². The van der Waals surface area contributed by atoms with E-state index in [-0.39, 0.29) is 31.4 Å². The molecular formula is C28H44N5O21P3S2. The van der Waals surface area contributed by atoms with Crippen molar-refractivity contribution < 1.29 is 95.2 Å². The van der Waals surface area contributed by atoms with Gasteiger partial charge in [0.15, 0.2) is 5.78 Å². The smallest absolute Gasteiger partial charge is 0.481 e. The number of nitrogens with zero attached hydrogens (tertiary/aromatic N) is 2. The van der Waals surface area contributed by atoms with Gasteiger partial charge in [-0.15, -0.1) is 0 Å². The minimum Gasteiger partial charge on any atom is -0.481 e. The first-order valence-corrected chi connectivity index (χ1v) is 24.2. The minimum absolute atomic E-state index is 0.0710. The number of nitrogens with one attached hydrogen (secondary N) is 3. The number of carbonyl (C=O) groups is 6. The maximum atomic E-state index is 12.6. The molecule has 0 spiro atoms. The predicted molar refractivity (Wildman–Crippen MR) is 203 cm³/mol. The Hall–Kier alpha value is -2.75. The Balaban J connectivity index is 1.64. The molecule has 59 heavy (non-hydrogen) atoms. The van der Waals surface area contributed by atoms with Crippen molar-refractivity contribution in [3.63, 3.8) is 0 Å². The Morgan fingerprint density at radius 1 is 0.932 bits per heavy atom. The summed E-state index contributed by atoms with van der Waals surface area (Å²) in [4.78, 5) is 123. The molecule has 0 radical (unpaired) electrons. The average Bonchev–Trinajstić information content (AvgIpc) is 3.47. The van der Waals surface area contributed by atoms with E-state index in [1.165, 1.54) is 23.1 Å². The summed E-state index contributed by atoms with van der Waals surface area (Å²) in [7, 11) is -13.7. The number of phosphoric ester groups is 1. The standard InChI is InChI=1S/C28H44N5O21P3S2/c34-15-17(11-26(39)40)31-32-19(13-27(41)42)20(36)12-18(35)5-2-1-3-9-58-59-10-4-6-24(38)29-23-7-8-33(28(43)30-23)25-14-21(37)22(52-25)16-51-56(47,48)54-57(49,50)53-55(44,45)46/h7-8,15,17,19,21-22,25,31-32,37H,1-6,9-14,16H2,(H,39,40)(H,41,42)(H,47,48)(H,49,50)(H2,44,45,46)(H,29,30,38,43)/t17-,19-,21?,22+,25+/m0/s1. The van der Waals surface area contributed by atoms with Gasteiger partial charge in [-0.1, -0.05) is 28.0 Å². The first kappa shape index (κ1) is 52.4. The van der Waals surface area contributed by atoms with Gasteiger partial charge in [0, 0.05) is 37.0 Å². The highest BCUT2D eigenvalue weighted by Crippen LogP contribution is 2.66. The van der Waals surface area contributed by atoms with Crippen molar-refractivity contribution in [2.45, 2.75) is 94.7 Å². The van der Waals surface area contributed by atoms with Crippen LogP contribution in [0.2, 0.25) is 0 Å². The number of carbonyl (C=O) groups excluding carboxylic acids is 4. The Bertz CT molecular complexity index is 1830. The number of unbranched alkanes of at least 4 members (excludes halogenated alkanes) is 2. The van der Waals surface area contributed by atoms with Crippen LogP contribution in [-0.4, -0.2) is 123 Å².